The molecule has 0 aliphatic rings. The molecule has 0 aromatic heterocycles. The Labute approximate surface area is 157 Å². The number of hydrogen-bond acceptors (Lipinski definition) is 5. The topological polar surface area (TPSA) is 81.2 Å². The number of benzene rings is 3. The van der Waals surface area contributed by atoms with E-state index in [1.165, 1.54) is 0 Å². The minimum absolute atomic E-state index is 0.225. The maximum absolute atomic E-state index is 8.74. The number of nitrogens with zero attached hydrogens (tertiary/aromatic N) is 3. The highest BCUT2D eigenvalue weighted by atomic mass is 16.5. The maximum Gasteiger partial charge on any atom is 0.237 e. The molecule has 0 heterocycles. The lowest BCUT2D eigenvalue weighted by Crippen LogP contribution is -1.96. The molecule has 0 aliphatic carbocycles. The zero-order valence-corrected chi connectivity index (χ0v) is 14.5. The molecule has 5 nitrogen and oxygen atoms in total. The largest absolute Gasteiger partial charge is 0.489 e. The molecule has 0 radical (unpaired) electrons. The highest BCUT2D eigenvalue weighted by Gasteiger charge is 2.03. The van der Waals surface area contributed by atoms with Crippen LogP contribution < -0.4 is 10.2 Å². The summed E-state index contributed by atoms with van der Waals surface area (Å²) in [5, 5.41) is 21.3. The molecular formula is C22H16N4O. The van der Waals surface area contributed by atoms with E-state index in [9.17, 15) is 0 Å². The van der Waals surface area contributed by atoms with Crippen LogP contribution in [0.1, 0.15) is 5.56 Å². The normalized spacial score (nSPS) is 9.56. The molecule has 0 unspecified atom stereocenters. The average molecular weight is 352 g/mol. The molecule has 27 heavy (non-hydrogen) atoms. The van der Waals surface area contributed by atoms with Crippen molar-refractivity contribution in [3.05, 3.63) is 84.4 Å². The standard InChI is InChI=1S/C22H16N4O/c23-14-21(15-24)26-25-20-10-4-8-18(12-20)19-9-5-11-22(13-19)27-16-17-6-2-1-3-7-17/h1-13,25H,16H2. The van der Waals surface area contributed by atoms with Crippen molar-refractivity contribution >= 4 is 11.4 Å². The van der Waals surface area contributed by atoms with Gasteiger partial charge in [-0.15, -0.1) is 0 Å². The van der Waals surface area contributed by atoms with Crippen LogP contribution in [0.15, 0.2) is 84.0 Å². The third-order valence-corrected chi connectivity index (χ3v) is 3.79. The molecule has 1 N–H and O–H groups in total. The molecule has 0 amide bonds. The summed E-state index contributed by atoms with van der Waals surface area (Å²) >= 11 is 0. The van der Waals surface area contributed by atoms with Crippen molar-refractivity contribution in [2.24, 2.45) is 5.10 Å². The van der Waals surface area contributed by atoms with E-state index >= 15 is 0 Å². The molecule has 0 spiro atoms. The summed E-state index contributed by atoms with van der Waals surface area (Å²) in [5.41, 5.74) is 6.26. The van der Waals surface area contributed by atoms with Gasteiger partial charge in [-0.05, 0) is 41.0 Å². The molecule has 3 rings (SSSR count). The second-order valence-electron chi connectivity index (χ2n) is 5.68. The Hall–Kier alpha value is -4.09. The fourth-order valence-electron chi connectivity index (χ4n) is 2.47. The minimum atomic E-state index is -0.225. The Kier molecular flexibility index (Phi) is 5.81. The molecule has 0 fully saturated rings. The minimum Gasteiger partial charge on any atom is -0.489 e. The molecule has 130 valence electrons. The van der Waals surface area contributed by atoms with Gasteiger partial charge < -0.3 is 4.74 Å². The molecule has 0 aliphatic heterocycles. The smallest absolute Gasteiger partial charge is 0.237 e. The predicted octanol–water partition coefficient (Wildman–Crippen LogP) is 4.75. The number of ether oxygens (including phenoxy) is 1. The molecule has 3 aromatic rings. The fraction of sp³-hybridized carbons (Fsp3) is 0.0455. The fourth-order valence-corrected chi connectivity index (χ4v) is 2.47. The third-order valence-electron chi connectivity index (χ3n) is 3.79. The Morgan fingerprint density at radius 3 is 2.30 bits per heavy atom. The van der Waals surface area contributed by atoms with Gasteiger partial charge in [0.1, 0.15) is 24.5 Å². The van der Waals surface area contributed by atoms with Crippen LogP contribution in [0.3, 0.4) is 0 Å². The lowest BCUT2D eigenvalue weighted by atomic mass is 10.0. The van der Waals surface area contributed by atoms with Crippen LogP contribution in [0.25, 0.3) is 11.1 Å². The Morgan fingerprint density at radius 2 is 1.56 bits per heavy atom. The van der Waals surface area contributed by atoms with Gasteiger partial charge in [0, 0.05) is 0 Å². The van der Waals surface area contributed by atoms with Gasteiger partial charge in [0.05, 0.1) is 5.69 Å². The quantitative estimate of drug-likeness (QED) is 0.513. The lowest BCUT2D eigenvalue weighted by molar-refractivity contribution is 0.306. The first-order chi connectivity index (χ1) is 13.3. The first-order valence-corrected chi connectivity index (χ1v) is 8.29. The summed E-state index contributed by atoms with van der Waals surface area (Å²) in [6.45, 7) is 0.506. The summed E-state index contributed by atoms with van der Waals surface area (Å²) in [6.07, 6.45) is 0. The predicted molar refractivity (Wildman–Crippen MR) is 105 cm³/mol. The van der Waals surface area contributed by atoms with Gasteiger partial charge in [0.2, 0.25) is 5.71 Å². The molecule has 3 aromatic carbocycles. The molecule has 0 bridgehead atoms. The lowest BCUT2D eigenvalue weighted by Gasteiger charge is -2.09. The van der Waals surface area contributed by atoms with Gasteiger partial charge in [0.15, 0.2) is 0 Å². The van der Waals surface area contributed by atoms with Crippen molar-refractivity contribution < 1.29 is 4.74 Å². The van der Waals surface area contributed by atoms with E-state index in [4.69, 9.17) is 15.3 Å². The first-order valence-electron chi connectivity index (χ1n) is 8.29. The van der Waals surface area contributed by atoms with Crippen molar-refractivity contribution in [1.29, 1.82) is 10.5 Å². The molecule has 0 atom stereocenters. The van der Waals surface area contributed by atoms with Gasteiger partial charge in [-0.25, -0.2) is 0 Å². The Balaban J connectivity index is 1.75. The SMILES string of the molecule is N#CC(C#N)=NNc1cccc(-c2cccc(OCc3ccccc3)c2)c1. The van der Waals surface area contributed by atoms with Crippen LogP contribution in [0.2, 0.25) is 0 Å². The summed E-state index contributed by atoms with van der Waals surface area (Å²) in [5.74, 6) is 0.781. The van der Waals surface area contributed by atoms with Crippen LogP contribution in [-0.2, 0) is 6.61 Å². The monoisotopic (exact) mass is 352 g/mol. The second-order valence-corrected chi connectivity index (χ2v) is 5.68. The van der Waals surface area contributed by atoms with Gasteiger partial charge in [-0.2, -0.15) is 15.6 Å². The van der Waals surface area contributed by atoms with E-state index in [1.54, 1.807) is 12.1 Å². The van der Waals surface area contributed by atoms with Crippen LogP contribution >= 0.6 is 0 Å². The zero-order valence-electron chi connectivity index (χ0n) is 14.5. The first kappa shape index (κ1) is 17.7. The van der Waals surface area contributed by atoms with Crippen molar-refractivity contribution in [1.82, 2.24) is 0 Å². The van der Waals surface area contributed by atoms with E-state index in [-0.39, 0.29) is 5.71 Å². The summed E-state index contributed by atoms with van der Waals surface area (Å²) in [6, 6.07) is 28.8. The van der Waals surface area contributed by atoms with Crippen LogP contribution in [0.4, 0.5) is 5.69 Å². The van der Waals surface area contributed by atoms with E-state index in [0.717, 1.165) is 22.4 Å². The van der Waals surface area contributed by atoms with E-state index in [0.29, 0.717) is 12.3 Å². The summed E-state index contributed by atoms with van der Waals surface area (Å²) in [4.78, 5) is 0. The molecular weight excluding hydrogens is 336 g/mol. The van der Waals surface area contributed by atoms with Crippen LogP contribution in [0, 0.1) is 22.7 Å². The summed E-state index contributed by atoms with van der Waals surface area (Å²) in [7, 11) is 0. The number of hydrazone groups is 1. The highest BCUT2D eigenvalue weighted by Crippen LogP contribution is 2.26. The van der Waals surface area contributed by atoms with Gasteiger partial charge in [-0.1, -0.05) is 54.6 Å². The third kappa shape index (κ3) is 4.94. The Bertz CT molecular complexity index is 1010. The van der Waals surface area contributed by atoms with Crippen molar-refractivity contribution in [2.45, 2.75) is 6.61 Å². The van der Waals surface area contributed by atoms with E-state index in [2.05, 4.69) is 10.5 Å². The van der Waals surface area contributed by atoms with Crippen molar-refractivity contribution in [3.8, 4) is 29.0 Å². The average Bonchev–Trinajstić information content (AvgIpc) is 2.74. The number of rotatable bonds is 6. The Morgan fingerprint density at radius 1 is 0.852 bits per heavy atom. The van der Waals surface area contributed by atoms with Crippen LogP contribution in [-0.4, -0.2) is 5.71 Å². The maximum atomic E-state index is 8.74. The molecule has 0 saturated carbocycles. The molecule has 0 saturated heterocycles. The zero-order chi connectivity index (χ0) is 18.9. The van der Waals surface area contributed by atoms with Gasteiger partial charge in [0.25, 0.3) is 0 Å². The van der Waals surface area contributed by atoms with Gasteiger partial charge >= 0.3 is 0 Å². The van der Waals surface area contributed by atoms with Gasteiger partial charge in [-0.3, -0.25) is 5.43 Å². The van der Waals surface area contributed by atoms with Crippen molar-refractivity contribution in [2.75, 3.05) is 5.43 Å². The molecule has 5 heteroatoms. The van der Waals surface area contributed by atoms with E-state index < -0.39 is 0 Å². The highest BCUT2D eigenvalue weighted by molar-refractivity contribution is 6.10. The number of hydrogen-bond donors (Lipinski definition) is 1. The van der Waals surface area contributed by atoms with Crippen LogP contribution in [0.5, 0.6) is 5.75 Å². The second kappa shape index (κ2) is 8.84. The number of nitriles is 2. The van der Waals surface area contributed by atoms with Crippen molar-refractivity contribution in [3.63, 3.8) is 0 Å². The number of anilines is 1. The van der Waals surface area contributed by atoms with E-state index in [1.807, 2.05) is 78.9 Å². The number of nitrogens with one attached hydrogen (secondary N) is 1. The summed E-state index contributed by atoms with van der Waals surface area (Å²) < 4.78 is 5.88.